The van der Waals surface area contributed by atoms with Gasteiger partial charge in [0.1, 0.15) is 0 Å². The van der Waals surface area contributed by atoms with Crippen molar-refractivity contribution in [3.8, 4) is 0 Å². The van der Waals surface area contributed by atoms with Gasteiger partial charge in [-0.05, 0) is 49.8 Å². The molecule has 0 aromatic heterocycles. The summed E-state index contributed by atoms with van der Waals surface area (Å²) >= 11 is 6.23. The van der Waals surface area contributed by atoms with Crippen LogP contribution in [0.15, 0.2) is 24.3 Å². The SMILES string of the molecule is COC1CCCC2C1NCC1C(=O)N(c3cccc(Cl)c3)C(=O)N(C3CCN(S(=O)(=O)N(C)C)CC3)C12. The Labute approximate surface area is 224 Å². The number of benzene rings is 1. The number of ether oxygens (including phenoxy) is 1. The number of urea groups is 1. The zero-order valence-electron chi connectivity index (χ0n) is 21.5. The first-order valence-corrected chi connectivity index (χ1v) is 14.8. The van der Waals surface area contributed by atoms with Crippen molar-refractivity contribution >= 4 is 39.4 Å². The van der Waals surface area contributed by atoms with E-state index >= 15 is 0 Å². The summed E-state index contributed by atoms with van der Waals surface area (Å²) in [6.07, 6.45) is 3.87. The van der Waals surface area contributed by atoms with E-state index in [-0.39, 0.29) is 42.1 Å². The minimum Gasteiger partial charge on any atom is -0.380 e. The van der Waals surface area contributed by atoms with Gasteiger partial charge in [-0.3, -0.25) is 4.79 Å². The molecule has 1 N–H and O–H groups in total. The number of amides is 3. The lowest BCUT2D eigenvalue weighted by molar-refractivity contribution is -0.132. The van der Waals surface area contributed by atoms with Crippen molar-refractivity contribution in [2.45, 2.75) is 56.3 Å². The lowest BCUT2D eigenvalue weighted by Crippen LogP contribution is -2.74. The van der Waals surface area contributed by atoms with Crippen molar-refractivity contribution in [1.29, 1.82) is 0 Å². The Hall–Kier alpha value is -1.76. The Bertz CT molecular complexity index is 1140. The molecule has 0 radical (unpaired) electrons. The van der Waals surface area contributed by atoms with Crippen molar-refractivity contribution < 1.29 is 22.7 Å². The van der Waals surface area contributed by atoms with E-state index in [1.807, 2.05) is 4.90 Å². The maximum absolute atomic E-state index is 14.2. The zero-order chi connectivity index (χ0) is 26.5. The summed E-state index contributed by atoms with van der Waals surface area (Å²) < 4.78 is 33.9. The molecule has 10 nitrogen and oxygen atoms in total. The van der Waals surface area contributed by atoms with Crippen LogP contribution in [0.1, 0.15) is 32.1 Å². The fraction of sp³-hybridized carbons (Fsp3) is 0.680. The number of hydrogen-bond donors (Lipinski definition) is 1. The molecule has 1 aromatic carbocycles. The van der Waals surface area contributed by atoms with Gasteiger partial charge in [0.05, 0.1) is 23.8 Å². The van der Waals surface area contributed by atoms with Crippen molar-refractivity contribution in [1.82, 2.24) is 18.8 Å². The molecule has 4 aliphatic rings. The van der Waals surface area contributed by atoms with Gasteiger partial charge in [0.2, 0.25) is 5.91 Å². The number of carbonyl (C=O) groups excluding carboxylic acids is 2. The van der Waals surface area contributed by atoms with Gasteiger partial charge >= 0.3 is 6.03 Å². The number of anilines is 1. The summed E-state index contributed by atoms with van der Waals surface area (Å²) in [4.78, 5) is 31.3. The van der Waals surface area contributed by atoms with Gasteiger partial charge in [0.25, 0.3) is 10.2 Å². The van der Waals surface area contributed by atoms with E-state index in [0.29, 0.717) is 43.2 Å². The summed E-state index contributed by atoms with van der Waals surface area (Å²) in [6, 6.07) is 6.10. The normalized spacial score (nSPS) is 32.0. The Morgan fingerprint density at radius 2 is 1.84 bits per heavy atom. The number of nitrogens with zero attached hydrogens (tertiary/aromatic N) is 4. The Kier molecular flexibility index (Phi) is 7.56. The predicted molar refractivity (Wildman–Crippen MR) is 141 cm³/mol. The molecule has 0 spiro atoms. The van der Waals surface area contributed by atoms with Crippen molar-refractivity contribution in [3.63, 3.8) is 0 Å². The molecular weight excluding hydrogens is 518 g/mol. The highest BCUT2D eigenvalue weighted by molar-refractivity contribution is 7.86. The van der Waals surface area contributed by atoms with Crippen molar-refractivity contribution in [2.24, 2.45) is 11.8 Å². The topological polar surface area (TPSA) is 102 Å². The molecule has 37 heavy (non-hydrogen) atoms. The van der Waals surface area contributed by atoms with Crippen LogP contribution in [0.3, 0.4) is 0 Å². The van der Waals surface area contributed by atoms with E-state index in [4.69, 9.17) is 16.3 Å². The van der Waals surface area contributed by atoms with E-state index < -0.39 is 16.1 Å². The van der Waals surface area contributed by atoms with Crippen LogP contribution in [0.25, 0.3) is 0 Å². The number of hydrogen-bond acceptors (Lipinski definition) is 6. The zero-order valence-corrected chi connectivity index (χ0v) is 23.1. The minimum atomic E-state index is -3.53. The maximum atomic E-state index is 14.2. The van der Waals surface area contributed by atoms with Crippen molar-refractivity contribution in [2.75, 3.05) is 45.7 Å². The largest absolute Gasteiger partial charge is 0.380 e. The molecule has 3 amide bonds. The molecule has 5 unspecified atom stereocenters. The number of methoxy groups -OCH3 is 1. The number of carbonyl (C=O) groups is 2. The van der Waals surface area contributed by atoms with E-state index in [0.717, 1.165) is 19.3 Å². The molecule has 0 bridgehead atoms. The minimum absolute atomic E-state index is 0.0322. The summed E-state index contributed by atoms with van der Waals surface area (Å²) in [5.41, 5.74) is 0.458. The van der Waals surface area contributed by atoms with E-state index in [2.05, 4.69) is 5.32 Å². The molecule has 12 heteroatoms. The van der Waals surface area contributed by atoms with E-state index in [1.54, 1.807) is 31.4 Å². The third-order valence-electron chi connectivity index (χ3n) is 8.56. The summed E-state index contributed by atoms with van der Waals surface area (Å²) in [6.45, 7) is 1.11. The van der Waals surface area contributed by atoms with Crippen LogP contribution < -0.4 is 10.2 Å². The third kappa shape index (κ3) is 4.68. The molecule has 4 fully saturated rings. The Morgan fingerprint density at radius 3 is 2.49 bits per heavy atom. The molecule has 1 aromatic rings. The highest BCUT2D eigenvalue weighted by atomic mass is 35.5. The standard InChI is InChI=1S/C25H36ClN5O5S/c1-28(2)37(34,35)29-12-10-17(11-13-29)30-23-19-8-5-9-21(36-3)22(19)27-15-20(23)24(32)31(25(30)33)18-7-4-6-16(26)14-18/h4,6-7,14,17,19-23,27H,5,8-13,15H2,1-3H3. The lowest BCUT2D eigenvalue weighted by Gasteiger charge is -2.57. The molecule has 3 heterocycles. The second kappa shape index (κ2) is 10.4. The van der Waals surface area contributed by atoms with Gasteiger partial charge in [-0.2, -0.15) is 17.0 Å². The molecule has 1 aliphatic carbocycles. The van der Waals surface area contributed by atoms with Gasteiger partial charge in [-0.1, -0.05) is 24.1 Å². The first kappa shape index (κ1) is 26.8. The highest BCUT2D eigenvalue weighted by Gasteiger charge is 2.57. The summed E-state index contributed by atoms with van der Waals surface area (Å²) in [5, 5.41) is 4.03. The Balaban J connectivity index is 1.50. The monoisotopic (exact) mass is 553 g/mol. The van der Waals surface area contributed by atoms with Gasteiger partial charge in [0, 0.05) is 57.9 Å². The maximum Gasteiger partial charge on any atom is 0.331 e. The molecule has 3 saturated heterocycles. The molecule has 5 rings (SSSR count). The average Bonchev–Trinajstić information content (AvgIpc) is 2.88. The van der Waals surface area contributed by atoms with Crippen LogP contribution in [0.4, 0.5) is 10.5 Å². The smallest absolute Gasteiger partial charge is 0.331 e. The van der Waals surface area contributed by atoms with Crippen LogP contribution in [-0.4, -0.2) is 98.9 Å². The number of imide groups is 1. The molecule has 3 aliphatic heterocycles. The molecular formula is C25H36ClN5O5S. The first-order chi connectivity index (χ1) is 17.6. The van der Waals surface area contributed by atoms with Gasteiger partial charge in [-0.25, -0.2) is 9.69 Å². The number of fused-ring (bicyclic) bond motifs is 3. The average molecular weight is 554 g/mol. The van der Waals surface area contributed by atoms with Gasteiger partial charge in [-0.15, -0.1) is 0 Å². The summed E-state index contributed by atoms with van der Waals surface area (Å²) in [7, 11) is 1.24. The molecule has 204 valence electrons. The fourth-order valence-electron chi connectivity index (χ4n) is 6.77. The van der Waals surface area contributed by atoms with Gasteiger partial charge < -0.3 is 15.0 Å². The van der Waals surface area contributed by atoms with Crippen LogP contribution in [-0.2, 0) is 19.7 Å². The second-order valence-corrected chi connectivity index (χ2v) is 13.2. The second-order valence-electron chi connectivity index (χ2n) is 10.7. The van der Waals surface area contributed by atoms with Gasteiger partial charge in [0.15, 0.2) is 0 Å². The fourth-order valence-corrected chi connectivity index (χ4v) is 8.09. The summed E-state index contributed by atoms with van der Waals surface area (Å²) in [5.74, 6) is -0.542. The number of rotatable bonds is 5. The van der Waals surface area contributed by atoms with Crippen LogP contribution in [0, 0.1) is 11.8 Å². The molecule has 5 atom stereocenters. The van der Waals surface area contributed by atoms with Crippen molar-refractivity contribution in [3.05, 3.63) is 29.3 Å². The quantitative estimate of drug-likeness (QED) is 0.599. The van der Waals surface area contributed by atoms with E-state index in [9.17, 15) is 18.0 Å². The number of piperidine rings is 2. The van der Waals surface area contributed by atoms with Crippen LogP contribution in [0.2, 0.25) is 5.02 Å². The predicted octanol–water partition coefficient (Wildman–Crippen LogP) is 2.15. The lowest BCUT2D eigenvalue weighted by atomic mass is 9.69. The van der Waals surface area contributed by atoms with Crippen LogP contribution >= 0.6 is 11.6 Å². The van der Waals surface area contributed by atoms with Crippen LogP contribution in [0.5, 0.6) is 0 Å². The third-order valence-corrected chi connectivity index (χ3v) is 10.7. The number of nitrogens with one attached hydrogen (secondary N) is 1. The first-order valence-electron chi connectivity index (χ1n) is 13.0. The Morgan fingerprint density at radius 1 is 1.11 bits per heavy atom. The van der Waals surface area contributed by atoms with E-state index in [1.165, 1.54) is 27.6 Å². The number of halogens is 1. The molecule has 1 saturated carbocycles. The highest BCUT2D eigenvalue weighted by Crippen LogP contribution is 2.43.